The molecule has 0 saturated heterocycles. The molecule has 0 aromatic heterocycles. The number of rotatable bonds is 4. The molecule has 0 aliphatic heterocycles. The van der Waals surface area contributed by atoms with Gasteiger partial charge in [0.05, 0.1) is 12.7 Å². The summed E-state index contributed by atoms with van der Waals surface area (Å²) in [7, 11) is 1.64. The van der Waals surface area contributed by atoms with Crippen LogP contribution in [-0.2, 0) is 0 Å². The number of anilines is 1. The van der Waals surface area contributed by atoms with Crippen LogP contribution in [0.2, 0.25) is 0 Å². The van der Waals surface area contributed by atoms with Crippen molar-refractivity contribution in [3.05, 3.63) is 24.3 Å². The van der Waals surface area contributed by atoms with Crippen LogP contribution in [0.15, 0.2) is 24.3 Å². The van der Waals surface area contributed by atoms with Crippen molar-refractivity contribution >= 4 is 5.69 Å². The largest absolute Gasteiger partial charge is 0.497 e. The normalized spacial score (nSPS) is 28.1. The minimum Gasteiger partial charge on any atom is -0.497 e. The van der Waals surface area contributed by atoms with Gasteiger partial charge in [-0.3, -0.25) is 0 Å². The summed E-state index contributed by atoms with van der Waals surface area (Å²) in [5.41, 5.74) is 6.11. The lowest BCUT2D eigenvalue weighted by Crippen LogP contribution is -2.35. The molecule has 2 rings (SSSR count). The highest BCUT2D eigenvalue weighted by Crippen LogP contribution is 2.29. The highest BCUT2D eigenvalue weighted by Gasteiger charge is 2.35. The Morgan fingerprint density at radius 1 is 1.59 bits per heavy atom. The zero-order chi connectivity index (χ0) is 12.3. The summed E-state index contributed by atoms with van der Waals surface area (Å²) in [4.78, 5) is 0. The van der Waals surface area contributed by atoms with Gasteiger partial charge in [-0.2, -0.15) is 0 Å². The lowest BCUT2D eigenvalue weighted by atomic mass is 10.0. The minimum absolute atomic E-state index is 0.132. The first-order valence-electron chi connectivity index (χ1n) is 5.97. The van der Waals surface area contributed by atoms with E-state index < -0.39 is 5.60 Å². The SMILES string of the molecule is COc1cccc(NCC2(O)CCC(N)C2)c1. The first-order valence-corrected chi connectivity index (χ1v) is 5.97. The van der Waals surface area contributed by atoms with Crippen molar-refractivity contribution in [3.63, 3.8) is 0 Å². The quantitative estimate of drug-likeness (QED) is 0.738. The van der Waals surface area contributed by atoms with Crippen molar-refractivity contribution in [2.45, 2.75) is 30.9 Å². The molecule has 2 atom stereocenters. The second-order valence-corrected chi connectivity index (χ2v) is 4.81. The number of nitrogens with two attached hydrogens (primary N) is 1. The number of benzene rings is 1. The number of hydrogen-bond donors (Lipinski definition) is 3. The second-order valence-electron chi connectivity index (χ2n) is 4.81. The highest BCUT2D eigenvalue weighted by atomic mass is 16.5. The molecular formula is C13H20N2O2. The van der Waals surface area contributed by atoms with Gasteiger partial charge in [0.15, 0.2) is 0 Å². The Balaban J connectivity index is 1.93. The van der Waals surface area contributed by atoms with Crippen molar-refractivity contribution in [2.75, 3.05) is 19.0 Å². The molecule has 1 aliphatic rings. The predicted molar refractivity (Wildman–Crippen MR) is 68.3 cm³/mol. The number of methoxy groups -OCH3 is 1. The van der Waals surface area contributed by atoms with Gasteiger partial charge in [-0.05, 0) is 31.4 Å². The van der Waals surface area contributed by atoms with Crippen LogP contribution in [0.5, 0.6) is 5.75 Å². The van der Waals surface area contributed by atoms with Gasteiger partial charge in [-0.15, -0.1) is 0 Å². The van der Waals surface area contributed by atoms with E-state index in [1.54, 1.807) is 7.11 Å². The van der Waals surface area contributed by atoms with Crippen molar-refractivity contribution in [1.29, 1.82) is 0 Å². The second kappa shape index (κ2) is 4.94. The fourth-order valence-electron chi connectivity index (χ4n) is 2.31. The molecule has 1 aliphatic carbocycles. The maximum absolute atomic E-state index is 10.3. The Morgan fingerprint density at radius 3 is 3.06 bits per heavy atom. The van der Waals surface area contributed by atoms with Crippen LogP contribution in [-0.4, -0.2) is 30.4 Å². The minimum atomic E-state index is -0.664. The van der Waals surface area contributed by atoms with Crippen LogP contribution < -0.4 is 15.8 Å². The van der Waals surface area contributed by atoms with Crippen LogP contribution in [0.1, 0.15) is 19.3 Å². The van der Waals surface area contributed by atoms with E-state index in [1.807, 2.05) is 24.3 Å². The van der Waals surface area contributed by atoms with E-state index in [9.17, 15) is 5.11 Å². The average Bonchev–Trinajstić information content (AvgIpc) is 2.68. The van der Waals surface area contributed by atoms with E-state index in [0.717, 1.165) is 24.3 Å². The summed E-state index contributed by atoms with van der Waals surface area (Å²) >= 11 is 0. The van der Waals surface area contributed by atoms with Gasteiger partial charge in [0.25, 0.3) is 0 Å². The molecule has 1 saturated carbocycles. The lowest BCUT2D eigenvalue weighted by Gasteiger charge is -2.23. The van der Waals surface area contributed by atoms with Crippen LogP contribution in [0.25, 0.3) is 0 Å². The molecule has 2 unspecified atom stereocenters. The number of hydrogen-bond acceptors (Lipinski definition) is 4. The topological polar surface area (TPSA) is 67.5 Å². The van der Waals surface area contributed by atoms with E-state index >= 15 is 0 Å². The molecule has 0 spiro atoms. The van der Waals surface area contributed by atoms with E-state index in [4.69, 9.17) is 10.5 Å². The summed E-state index contributed by atoms with van der Waals surface area (Å²) in [5.74, 6) is 0.810. The summed E-state index contributed by atoms with van der Waals surface area (Å²) in [5, 5.41) is 13.5. The third-order valence-electron chi connectivity index (χ3n) is 3.31. The van der Waals surface area contributed by atoms with Crippen molar-refractivity contribution in [3.8, 4) is 5.75 Å². The van der Waals surface area contributed by atoms with Crippen LogP contribution in [0, 0.1) is 0 Å². The van der Waals surface area contributed by atoms with Gasteiger partial charge in [-0.1, -0.05) is 6.07 Å². The van der Waals surface area contributed by atoms with E-state index in [1.165, 1.54) is 0 Å². The Morgan fingerprint density at radius 2 is 2.41 bits per heavy atom. The molecule has 0 radical (unpaired) electrons. The van der Waals surface area contributed by atoms with Gasteiger partial charge in [0.2, 0.25) is 0 Å². The van der Waals surface area contributed by atoms with Crippen molar-refractivity contribution in [1.82, 2.24) is 0 Å². The number of ether oxygens (including phenoxy) is 1. The van der Waals surface area contributed by atoms with E-state index in [-0.39, 0.29) is 6.04 Å². The Hall–Kier alpha value is -1.26. The first-order chi connectivity index (χ1) is 8.11. The van der Waals surface area contributed by atoms with Gasteiger partial charge >= 0.3 is 0 Å². The molecule has 1 fully saturated rings. The van der Waals surface area contributed by atoms with Gasteiger partial charge in [0.1, 0.15) is 5.75 Å². The zero-order valence-electron chi connectivity index (χ0n) is 10.1. The fraction of sp³-hybridized carbons (Fsp3) is 0.538. The maximum Gasteiger partial charge on any atom is 0.120 e. The summed E-state index contributed by atoms with van der Waals surface area (Å²) in [6.07, 6.45) is 2.34. The monoisotopic (exact) mass is 236 g/mol. The summed E-state index contributed by atoms with van der Waals surface area (Å²) < 4.78 is 5.15. The molecule has 1 aromatic rings. The van der Waals surface area contributed by atoms with Crippen LogP contribution in [0.3, 0.4) is 0 Å². The molecular weight excluding hydrogens is 216 g/mol. The first kappa shape index (κ1) is 12.2. The third-order valence-corrected chi connectivity index (χ3v) is 3.31. The van der Waals surface area contributed by atoms with E-state index in [2.05, 4.69) is 5.32 Å². The summed E-state index contributed by atoms with van der Waals surface area (Å²) in [6, 6.07) is 7.82. The lowest BCUT2D eigenvalue weighted by molar-refractivity contribution is 0.0601. The van der Waals surface area contributed by atoms with E-state index in [0.29, 0.717) is 13.0 Å². The molecule has 4 nitrogen and oxygen atoms in total. The molecule has 0 amide bonds. The van der Waals surface area contributed by atoms with Gasteiger partial charge < -0.3 is 20.9 Å². The molecule has 0 bridgehead atoms. The van der Waals surface area contributed by atoms with Crippen molar-refractivity contribution < 1.29 is 9.84 Å². The summed E-state index contributed by atoms with van der Waals surface area (Å²) in [6.45, 7) is 0.536. The number of nitrogens with one attached hydrogen (secondary N) is 1. The Kier molecular flexibility index (Phi) is 3.54. The molecule has 4 heteroatoms. The Bertz CT molecular complexity index is 383. The maximum atomic E-state index is 10.3. The molecule has 4 N–H and O–H groups in total. The van der Waals surface area contributed by atoms with Gasteiger partial charge in [-0.25, -0.2) is 0 Å². The highest BCUT2D eigenvalue weighted by molar-refractivity contribution is 5.48. The number of aliphatic hydroxyl groups is 1. The predicted octanol–water partition coefficient (Wildman–Crippen LogP) is 1.35. The Labute approximate surface area is 102 Å². The molecule has 17 heavy (non-hydrogen) atoms. The van der Waals surface area contributed by atoms with Gasteiger partial charge in [0, 0.05) is 24.3 Å². The van der Waals surface area contributed by atoms with Crippen LogP contribution in [0.4, 0.5) is 5.69 Å². The fourth-order valence-corrected chi connectivity index (χ4v) is 2.31. The smallest absolute Gasteiger partial charge is 0.120 e. The molecule has 1 aromatic carbocycles. The molecule has 0 heterocycles. The standard InChI is InChI=1S/C13H20N2O2/c1-17-12-4-2-3-11(7-12)15-9-13(16)6-5-10(14)8-13/h2-4,7,10,15-16H,5-6,8-9,14H2,1H3. The molecule has 94 valence electrons. The zero-order valence-corrected chi connectivity index (χ0v) is 10.1. The van der Waals surface area contributed by atoms with Crippen LogP contribution >= 0.6 is 0 Å². The average molecular weight is 236 g/mol. The van der Waals surface area contributed by atoms with Crippen molar-refractivity contribution in [2.24, 2.45) is 5.73 Å². The third kappa shape index (κ3) is 3.11.